The van der Waals surface area contributed by atoms with Gasteiger partial charge in [0.25, 0.3) is 0 Å². The number of hydrogen-bond acceptors (Lipinski definition) is 3. The van der Waals surface area contributed by atoms with E-state index in [0.717, 1.165) is 6.42 Å². The van der Waals surface area contributed by atoms with Gasteiger partial charge < -0.3 is 4.74 Å². The van der Waals surface area contributed by atoms with E-state index in [-0.39, 0.29) is 24.5 Å². The Morgan fingerprint density at radius 1 is 1.25 bits per heavy atom. The van der Waals surface area contributed by atoms with Crippen LogP contribution in [0.4, 0.5) is 0 Å². The number of hydrogen-bond donors (Lipinski definition) is 1. The molecule has 0 aliphatic carbocycles. The molecule has 0 aliphatic heterocycles. The van der Waals surface area contributed by atoms with Crippen LogP contribution in [0.2, 0.25) is 0 Å². The van der Waals surface area contributed by atoms with Crippen molar-refractivity contribution >= 4 is 26.0 Å². The fraction of sp³-hybridized carbons (Fsp3) is 1.00. The topological polar surface area (TPSA) is 55.4 Å². The Morgan fingerprint density at radius 2 is 1.81 bits per heavy atom. The van der Waals surface area contributed by atoms with Crippen LogP contribution >= 0.6 is 15.9 Å². The minimum atomic E-state index is -3.22. The van der Waals surface area contributed by atoms with Gasteiger partial charge in [0.1, 0.15) is 0 Å². The molecule has 0 saturated carbocycles. The van der Waals surface area contributed by atoms with Crippen molar-refractivity contribution in [3.05, 3.63) is 0 Å². The van der Waals surface area contributed by atoms with Crippen LogP contribution in [0.5, 0.6) is 0 Å². The average molecular weight is 316 g/mol. The molecular weight excluding hydrogens is 294 g/mol. The second-order valence-electron chi connectivity index (χ2n) is 4.27. The van der Waals surface area contributed by atoms with Crippen molar-refractivity contribution in [3.8, 4) is 0 Å². The summed E-state index contributed by atoms with van der Waals surface area (Å²) in [6.07, 6.45) is 0.833. The lowest BCUT2D eigenvalue weighted by atomic mass is 10.2. The smallest absolute Gasteiger partial charge is 0.214 e. The van der Waals surface area contributed by atoms with Crippen LogP contribution in [-0.4, -0.2) is 37.8 Å². The first-order chi connectivity index (χ1) is 7.23. The second-order valence-corrected chi connectivity index (χ2v) is 7.71. The van der Waals surface area contributed by atoms with Crippen molar-refractivity contribution in [1.29, 1.82) is 0 Å². The molecule has 0 aromatic heterocycles. The van der Waals surface area contributed by atoms with Gasteiger partial charge in [-0.1, -0.05) is 22.9 Å². The molecule has 98 valence electrons. The Labute approximate surface area is 107 Å². The van der Waals surface area contributed by atoms with Gasteiger partial charge in [0.05, 0.1) is 18.5 Å². The number of sulfonamides is 1. The molecule has 2 atom stereocenters. The van der Waals surface area contributed by atoms with Crippen molar-refractivity contribution in [3.63, 3.8) is 0 Å². The van der Waals surface area contributed by atoms with Gasteiger partial charge in [-0.15, -0.1) is 0 Å². The van der Waals surface area contributed by atoms with Gasteiger partial charge in [-0.3, -0.25) is 0 Å². The van der Waals surface area contributed by atoms with Gasteiger partial charge in [-0.25, -0.2) is 13.1 Å². The highest BCUT2D eigenvalue weighted by Gasteiger charge is 2.15. The van der Waals surface area contributed by atoms with E-state index in [1.54, 1.807) is 0 Å². The maximum atomic E-state index is 11.6. The van der Waals surface area contributed by atoms with Crippen LogP contribution in [0.15, 0.2) is 0 Å². The highest BCUT2D eigenvalue weighted by atomic mass is 79.9. The van der Waals surface area contributed by atoms with Crippen molar-refractivity contribution < 1.29 is 13.2 Å². The number of ether oxygens (including phenoxy) is 1. The Hall–Kier alpha value is 0.350. The van der Waals surface area contributed by atoms with Gasteiger partial charge in [-0.2, -0.15) is 0 Å². The third kappa shape index (κ3) is 9.57. The van der Waals surface area contributed by atoms with Crippen molar-refractivity contribution in [2.45, 2.75) is 51.1 Å². The fourth-order valence-corrected chi connectivity index (χ4v) is 3.00. The molecule has 1 N–H and O–H groups in total. The third-order valence-corrected chi connectivity index (χ3v) is 3.70. The molecule has 0 aromatic carbocycles. The highest BCUT2D eigenvalue weighted by molar-refractivity contribution is 9.09. The standard InChI is InChI=1S/C10H22BrNO3S/c1-8(2)15-5-6-16(13,14)12-10(4)7-9(3)11/h8-10,12H,5-7H2,1-4H3. The molecule has 0 rings (SSSR count). The van der Waals surface area contributed by atoms with Crippen LogP contribution in [-0.2, 0) is 14.8 Å². The Bertz CT molecular complexity index is 278. The van der Waals surface area contributed by atoms with Crippen LogP contribution in [0, 0.1) is 0 Å². The number of alkyl halides is 1. The predicted molar refractivity (Wildman–Crippen MR) is 70.5 cm³/mol. The van der Waals surface area contributed by atoms with Crippen molar-refractivity contribution in [2.75, 3.05) is 12.4 Å². The van der Waals surface area contributed by atoms with E-state index >= 15 is 0 Å². The molecule has 0 saturated heterocycles. The van der Waals surface area contributed by atoms with Gasteiger partial charge in [0, 0.05) is 10.9 Å². The SMILES string of the molecule is CC(Br)CC(C)NS(=O)(=O)CCOC(C)C. The fourth-order valence-electron chi connectivity index (χ4n) is 1.29. The Balaban J connectivity index is 3.95. The van der Waals surface area contributed by atoms with Crippen LogP contribution < -0.4 is 4.72 Å². The van der Waals surface area contributed by atoms with E-state index in [1.807, 2.05) is 27.7 Å². The number of nitrogens with one attached hydrogen (secondary N) is 1. The summed E-state index contributed by atoms with van der Waals surface area (Å²) in [5, 5.41) is 0. The first-order valence-corrected chi connectivity index (χ1v) is 8.05. The van der Waals surface area contributed by atoms with Crippen molar-refractivity contribution in [2.24, 2.45) is 0 Å². The van der Waals surface area contributed by atoms with Gasteiger partial charge in [-0.05, 0) is 27.2 Å². The minimum absolute atomic E-state index is 0.0200. The Morgan fingerprint density at radius 3 is 2.25 bits per heavy atom. The molecular formula is C10H22BrNO3S. The van der Waals surface area contributed by atoms with E-state index in [4.69, 9.17) is 4.74 Å². The molecule has 0 radical (unpaired) electrons. The summed E-state index contributed by atoms with van der Waals surface area (Å²) in [7, 11) is -3.22. The van der Waals surface area contributed by atoms with E-state index < -0.39 is 10.0 Å². The zero-order valence-corrected chi connectivity index (χ0v) is 12.8. The van der Waals surface area contributed by atoms with E-state index in [9.17, 15) is 8.42 Å². The highest BCUT2D eigenvalue weighted by Crippen LogP contribution is 2.07. The molecule has 0 spiro atoms. The summed E-state index contributed by atoms with van der Waals surface area (Å²) in [5.74, 6) is 0.0200. The molecule has 0 fully saturated rings. The van der Waals surface area contributed by atoms with Gasteiger partial charge >= 0.3 is 0 Å². The molecule has 0 aromatic rings. The molecule has 2 unspecified atom stereocenters. The maximum absolute atomic E-state index is 11.6. The summed E-state index contributed by atoms with van der Waals surface area (Å²) in [6, 6.07) is -0.0570. The largest absolute Gasteiger partial charge is 0.378 e. The second kappa shape index (κ2) is 7.63. The first-order valence-electron chi connectivity index (χ1n) is 5.48. The summed E-state index contributed by atoms with van der Waals surface area (Å²) in [5.41, 5.74) is 0. The molecule has 16 heavy (non-hydrogen) atoms. The Kier molecular flexibility index (Phi) is 7.80. The van der Waals surface area contributed by atoms with Crippen molar-refractivity contribution in [1.82, 2.24) is 4.72 Å². The molecule has 4 nitrogen and oxygen atoms in total. The lowest BCUT2D eigenvalue weighted by Crippen LogP contribution is -2.36. The third-order valence-electron chi connectivity index (χ3n) is 1.86. The lowest BCUT2D eigenvalue weighted by Gasteiger charge is -2.15. The van der Waals surface area contributed by atoms with E-state index in [1.165, 1.54) is 0 Å². The molecule has 0 amide bonds. The normalized spacial score (nSPS) is 16.4. The summed E-state index contributed by atoms with van der Waals surface area (Å²) in [6.45, 7) is 7.86. The minimum Gasteiger partial charge on any atom is -0.378 e. The lowest BCUT2D eigenvalue weighted by molar-refractivity contribution is 0.0911. The van der Waals surface area contributed by atoms with Gasteiger partial charge in [0.15, 0.2) is 0 Å². The molecule has 6 heteroatoms. The zero-order chi connectivity index (χ0) is 12.8. The molecule has 0 bridgehead atoms. The predicted octanol–water partition coefficient (Wildman–Crippen LogP) is 1.89. The molecule has 0 aliphatic rings. The number of rotatable bonds is 8. The van der Waals surface area contributed by atoms with E-state index in [0.29, 0.717) is 4.83 Å². The van der Waals surface area contributed by atoms with E-state index in [2.05, 4.69) is 20.7 Å². The number of halogens is 1. The molecule has 0 heterocycles. The summed E-state index contributed by atoms with van der Waals surface area (Å²) >= 11 is 3.39. The van der Waals surface area contributed by atoms with Crippen LogP contribution in [0.1, 0.15) is 34.1 Å². The van der Waals surface area contributed by atoms with Gasteiger partial charge in [0.2, 0.25) is 10.0 Å². The average Bonchev–Trinajstić information content (AvgIpc) is 1.98. The maximum Gasteiger partial charge on any atom is 0.214 e. The van der Waals surface area contributed by atoms with Crippen LogP contribution in [0.25, 0.3) is 0 Å². The van der Waals surface area contributed by atoms with Crippen LogP contribution in [0.3, 0.4) is 0 Å². The quantitative estimate of drug-likeness (QED) is 0.696. The summed E-state index contributed by atoms with van der Waals surface area (Å²) < 4.78 is 31.0. The summed E-state index contributed by atoms with van der Waals surface area (Å²) in [4.78, 5) is 0.303. The zero-order valence-electron chi connectivity index (χ0n) is 10.4. The first kappa shape index (κ1) is 16.4. The monoisotopic (exact) mass is 315 g/mol.